The molecular formula is C21H27F2N5O. The molecule has 2 aliphatic rings. The monoisotopic (exact) mass is 403 g/mol. The van der Waals surface area contributed by atoms with Crippen LogP contribution in [0, 0.1) is 11.6 Å². The molecule has 0 aliphatic carbocycles. The number of rotatable bonds is 5. The number of piperidine rings is 1. The highest BCUT2D eigenvalue weighted by molar-refractivity contribution is 5.44. The summed E-state index contributed by atoms with van der Waals surface area (Å²) in [7, 11) is 2.06. The third kappa shape index (κ3) is 4.64. The molecule has 1 aromatic heterocycles. The first kappa shape index (κ1) is 20.0. The zero-order valence-corrected chi connectivity index (χ0v) is 16.7. The Kier molecular flexibility index (Phi) is 6.20. The molecule has 0 N–H and O–H groups in total. The first-order valence-electron chi connectivity index (χ1n) is 10.2. The zero-order chi connectivity index (χ0) is 20.2. The second-order valence-electron chi connectivity index (χ2n) is 7.63. The van der Waals surface area contributed by atoms with Crippen LogP contribution in [0.15, 0.2) is 30.5 Å². The second kappa shape index (κ2) is 9.00. The SMILES string of the molecule is CN(c1ccnc(N2CCOCC2)n1)C1CCN(Cc2c(F)cccc2F)CC1. The molecule has 0 atom stereocenters. The van der Waals surface area contributed by atoms with E-state index in [9.17, 15) is 8.78 Å². The Balaban J connectivity index is 1.36. The summed E-state index contributed by atoms with van der Waals surface area (Å²) in [5.74, 6) is 0.701. The standard InChI is InChI=1S/C21H27F2N5O/c1-26(20-5-8-24-21(25-20)28-11-13-29-14-12-28)16-6-9-27(10-7-16)15-17-18(22)3-2-4-19(17)23/h2-5,8,16H,6-7,9-15H2,1H3. The first-order valence-corrected chi connectivity index (χ1v) is 10.2. The summed E-state index contributed by atoms with van der Waals surface area (Å²) in [6.45, 7) is 4.91. The van der Waals surface area contributed by atoms with Crippen LogP contribution in [0.25, 0.3) is 0 Å². The normalized spacial score (nSPS) is 18.8. The van der Waals surface area contributed by atoms with Gasteiger partial charge in [0.1, 0.15) is 17.5 Å². The minimum absolute atomic E-state index is 0.158. The maximum absolute atomic E-state index is 13.9. The van der Waals surface area contributed by atoms with Crippen molar-refractivity contribution >= 4 is 11.8 Å². The number of benzene rings is 1. The van der Waals surface area contributed by atoms with E-state index in [0.717, 1.165) is 50.8 Å². The molecule has 0 spiro atoms. The third-order valence-electron chi connectivity index (χ3n) is 5.83. The van der Waals surface area contributed by atoms with E-state index in [1.165, 1.54) is 18.2 Å². The molecule has 156 valence electrons. The van der Waals surface area contributed by atoms with Gasteiger partial charge >= 0.3 is 0 Å². The number of halogens is 2. The Morgan fingerprint density at radius 2 is 1.76 bits per heavy atom. The predicted molar refractivity (Wildman–Crippen MR) is 108 cm³/mol. The van der Waals surface area contributed by atoms with Gasteiger partial charge in [-0.15, -0.1) is 0 Å². The molecule has 0 unspecified atom stereocenters. The van der Waals surface area contributed by atoms with Gasteiger partial charge in [-0.25, -0.2) is 13.8 Å². The molecule has 3 heterocycles. The lowest BCUT2D eigenvalue weighted by Gasteiger charge is -2.37. The van der Waals surface area contributed by atoms with E-state index >= 15 is 0 Å². The van der Waals surface area contributed by atoms with Crippen molar-refractivity contribution in [1.29, 1.82) is 0 Å². The quantitative estimate of drug-likeness (QED) is 0.765. The summed E-state index contributed by atoms with van der Waals surface area (Å²) in [4.78, 5) is 15.6. The lowest BCUT2D eigenvalue weighted by molar-refractivity contribution is 0.122. The minimum atomic E-state index is -0.471. The van der Waals surface area contributed by atoms with Crippen LogP contribution in [0.1, 0.15) is 18.4 Å². The van der Waals surface area contributed by atoms with Gasteiger partial charge in [0, 0.05) is 57.6 Å². The molecule has 0 saturated carbocycles. The van der Waals surface area contributed by atoms with Crippen molar-refractivity contribution in [2.75, 3.05) is 56.2 Å². The van der Waals surface area contributed by atoms with Crippen molar-refractivity contribution in [1.82, 2.24) is 14.9 Å². The van der Waals surface area contributed by atoms with Gasteiger partial charge < -0.3 is 14.5 Å². The van der Waals surface area contributed by atoms with Crippen LogP contribution < -0.4 is 9.80 Å². The van der Waals surface area contributed by atoms with Gasteiger partial charge in [-0.05, 0) is 31.0 Å². The highest BCUT2D eigenvalue weighted by Crippen LogP contribution is 2.24. The summed E-state index contributed by atoms with van der Waals surface area (Å²) >= 11 is 0. The highest BCUT2D eigenvalue weighted by Gasteiger charge is 2.25. The Morgan fingerprint density at radius 3 is 2.45 bits per heavy atom. The highest BCUT2D eigenvalue weighted by atomic mass is 19.1. The number of ether oxygens (including phenoxy) is 1. The van der Waals surface area contributed by atoms with E-state index in [4.69, 9.17) is 9.72 Å². The Morgan fingerprint density at radius 1 is 1.07 bits per heavy atom. The molecule has 0 radical (unpaired) electrons. The molecule has 2 fully saturated rings. The van der Waals surface area contributed by atoms with Gasteiger partial charge in [-0.3, -0.25) is 4.90 Å². The summed E-state index contributed by atoms with van der Waals surface area (Å²) < 4.78 is 33.2. The van der Waals surface area contributed by atoms with Gasteiger partial charge in [0.05, 0.1) is 13.2 Å². The molecule has 29 heavy (non-hydrogen) atoms. The number of morpholine rings is 1. The summed E-state index contributed by atoms with van der Waals surface area (Å²) in [6, 6.07) is 6.32. The number of anilines is 2. The second-order valence-corrected chi connectivity index (χ2v) is 7.63. The Bertz CT molecular complexity index is 802. The predicted octanol–water partition coefficient (Wildman–Crippen LogP) is 2.69. The van der Waals surface area contributed by atoms with Crippen LogP contribution in [-0.4, -0.2) is 67.4 Å². The van der Waals surface area contributed by atoms with Gasteiger partial charge in [0.15, 0.2) is 0 Å². The van der Waals surface area contributed by atoms with Crippen LogP contribution in [0.2, 0.25) is 0 Å². The van der Waals surface area contributed by atoms with E-state index < -0.39 is 11.6 Å². The summed E-state index contributed by atoms with van der Waals surface area (Å²) in [5.41, 5.74) is 0.158. The van der Waals surface area contributed by atoms with E-state index in [2.05, 4.69) is 26.7 Å². The fourth-order valence-electron chi connectivity index (χ4n) is 4.01. The maximum atomic E-state index is 13.9. The molecule has 1 aromatic carbocycles. The topological polar surface area (TPSA) is 44.7 Å². The van der Waals surface area contributed by atoms with Crippen molar-refractivity contribution in [3.05, 3.63) is 47.7 Å². The largest absolute Gasteiger partial charge is 0.378 e. The number of likely N-dealkylation sites (tertiary alicyclic amines) is 1. The van der Waals surface area contributed by atoms with E-state index in [1.54, 1.807) is 6.20 Å². The van der Waals surface area contributed by atoms with E-state index in [-0.39, 0.29) is 5.56 Å². The van der Waals surface area contributed by atoms with Gasteiger partial charge in [0.25, 0.3) is 0 Å². The van der Waals surface area contributed by atoms with Crippen LogP contribution in [0.3, 0.4) is 0 Å². The van der Waals surface area contributed by atoms with Crippen molar-refractivity contribution in [2.45, 2.75) is 25.4 Å². The van der Waals surface area contributed by atoms with Crippen molar-refractivity contribution in [2.24, 2.45) is 0 Å². The smallest absolute Gasteiger partial charge is 0.227 e. The van der Waals surface area contributed by atoms with Gasteiger partial charge in [0.2, 0.25) is 5.95 Å². The summed E-state index contributed by atoms with van der Waals surface area (Å²) in [5, 5.41) is 0. The van der Waals surface area contributed by atoms with Crippen LogP contribution >= 0.6 is 0 Å². The lowest BCUT2D eigenvalue weighted by atomic mass is 10.0. The fraction of sp³-hybridized carbons (Fsp3) is 0.524. The number of nitrogens with zero attached hydrogens (tertiary/aromatic N) is 5. The van der Waals surface area contributed by atoms with Gasteiger partial charge in [-0.1, -0.05) is 6.07 Å². The number of hydrogen-bond donors (Lipinski definition) is 0. The van der Waals surface area contributed by atoms with Crippen LogP contribution in [0.5, 0.6) is 0 Å². The van der Waals surface area contributed by atoms with Gasteiger partial charge in [-0.2, -0.15) is 4.98 Å². The lowest BCUT2D eigenvalue weighted by Crippen LogP contribution is -2.44. The average Bonchev–Trinajstić information content (AvgIpc) is 2.77. The molecule has 0 bridgehead atoms. The maximum Gasteiger partial charge on any atom is 0.227 e. The van der Waals surface area contributed by atoms with Crippen molar-refractivity contribution in [3.8, 4) is 0 Å². The molecule has 2 saturated heterocycles. The number of aromatic nitrogens is 2. The van der Waals surface area contributed by atoms with E-state index in [0.29, 0.717) is 25.8 Å². The average molecular weight is 403 g/mol. The van der Waals surface area contributed by atoms with E-state index in [1.807, 2.05) is 6.07 Å². The number of hydrogen-bond acceptors (Lipinski definition) is 6. The molecule has 2 aromatic rings. The fourth-order valence-corrected chi connectivity index (χ4v) is 4.01. The minimum Gasteiger partial charge on any atom is -0.378 e. The third-order valence-corrected chi connectivity index (χ3v) is 5.83. The van der Waals surface area contributed by atoms with Crippen molar-refractivity contribution in [3.63, 3.8) is 0 Å². The Hall–Kier alpha value is -2.32. The zero-order valence-electron chi connectivity index (χ0n) is 16.7. The molecule has 2 aliphatic heterocycles. The molecule has 0 amide bonds. The molecule has 8 heteroatoms. The Labute approximate surface area is 170 Å². The molecule has 4 rings (SSSR count). The molecule has 6 nitrogen and oxygen atoms in total. The first-order chi connectivity index (χ1) is 14.1. The van der Waals surface area contributed by atoms with Crippen molar-refractivity contribution < 1.29 is 13.5 Å². The van der Waals surface area contributed by atoms with Crippen LogP contribution in [-0.2, 0) is 11.3 Å². The van der Waals surface area contributed by atoms with Crippen LogP contribution in [0.4, 0.5) is 20.5 Å². The summed E-state index contributed by atoms with van der Waals surface area (Å²) in [6.07, 6.45) is 3.65. The molecular weight excluding hydrogens is 376 g/mol.